The number of fused-ring (bicyclic) bond motifs is 2. The number of ether oxygens (including phenoxy) is 1. The van der Waals surface area contributed by atoms with Gasteiger partial charge in [-0.05, 0) is 36.2 Å². The lowest BCUT2D eigenvalue weighted by molar-refractivity contribution is -0.173. The second-order valence-electron chi connectivity index (χ2n) is 10.6. The fourth-order valence-electron chi connectivity index (χ4n) is 6.40. The van der Waals surface area contributed by atoms with Gasteiger partial charge in [0.25, 0.3) is 5.91 Å². The Bertz CT molecular complexity index is 785. The second-order valence-corrected chi connectivity index (χ2v) is 10.6. The van der Waals surface area contributed by atoms with Gasteiger partial charge in [-0.2, -0.15) is 0 Å². The minimum absolute atomic E-state index is 0.0690. The molecule has 1 heterocycles. The molecule has 168 valence electrons. The Morgan fingerprint density at radius 3 is 2.40 bits per heavy atom. The van der Waals surface area contributed by atoms with Crippen LogP contribution in [0.5, 0.6) is 0 Å². The molecule has 1 fully saturated rings. The summed E-state index contributed by atoms with van der Waals surface area (Å²) in [6.07, 6.45) is 1.05. The van der Waals surface area contributed by atoms with Crippen LogP contribution in [0.25, 0.3) is 0 Å². The number of carbonyl (C=O) groups excluding carboxylic acids is 2. The largest absolute Gasteiger partial charge is 0.480 e. The summed E-state index contributed by atoms with van der Waals surface area (Å²) in [6, 6.07) is -0.943. The maximum Gasteiger partial charge on any atom is 0.326 e. The molecule has 30 heavy (non-hydrogen) atoms. The highest BCUT2D eigenvalue weighted by molar-refractivity contribution is 6.01. The van der Waals surface area contributed by atoms with E-state index in [4.69, 9.17) is 4.74 Å². The lowest BCUT2D eigenvalue weighted by Crippen LogP contribution is -2.58. The van der Waals surface area contributed by atoms with Gasteiger partial charge in [-0.15, -0.1) is 0 Å². The van der Waals surface area contributed by atoms with Gasteiger partial charge < -0.3 is 19.8 Å². The summed E-state index contributed by atoms with van der Waals surface area (Å²) in [5, 5.41) is 21.1. The van der Waals surface area contributed by atoms with Gasteiger partial charge in [-0.3, -0.25) is 9.59 Å². The fourth-order valence-corrected chi connectivity index (χ4v) is 6.40. The van der Waals surface area contributed by atoms with Gasteiger partial charge >= 0.3 is 11.9 Å². The average Bonchev–Trinajstić information content (AvgIpc) is 2.94. The van der Waals surface area contributed by atoms with E-state index in [1.807, 2.05) is 20.8 Å². The number of aliphatic carboxylic acids is 1. The second kappa shape index (κ2) is 7.66. The summed E-state index contributed by atoms with van der Waals surface area (Å²) in [5.74, 6) is -1.91. The molecule has 0 spiro atoms. The quantitative estimate of drug-likeness (QED) is 0.662. The Balaban J connectivity index is 2.09. The minimum atomic E-state index is -1.11. The van der Waals surface area contributed by atoms with Crippen molar-refractivity contribution in [2.24, 2.45) is 22.7 Å². The molecule has 5 atom stereocenters. The van der Waals surface area contributed by atoms with Crippen LogP contribution in [0.4, 0.5) is 0 Å². The SMILES string of the molecule is CC(=O)O[C@@H]1[C@H](O)C2=C(C(=O)N([C@@H](CC(C)C)C(=O)O)C2)[C@@]2(C)CCCC(C)(C)[C@H]12. The highest BCUT2D eigenvalue weighted by atomic mass is 16.6. The monoisotopic (exact) mass is 421 g/mol. The van der Waals surface area contributed by atoms with E-state index in [1.165, 1.54) is 11.8 Å². The van der Waals surface area contributed by atoms with Gasteiger partial charge in [-0.1, -0.05) is 41.0 Å². The third-order valence-electron chi connectivity index (χ3n) is 7.41. The Kier molecular flexibility index (Phi) is 5.82. The van der Waals surface area contributed by atoms with Gasteiger partial charge in [-0.25, -0.2) is 4.79 Å². The van der Waals surface area contributed by atoms with Gasteiger partial charge in [0.15, 0.2) is 0 Å². The fraction of sp³-hybridized carbons (Fsp3) is 0.783. The van der Waals surface area contributed by atoms with Gasteiger partial charge in [0.2, 0.25) is 0 Å². The Labute approximate surface area is 178 Å². The lowest BCUT2D eigenvalue weighted by atomic mass is 9.49. The number of nitrogens with zero attached hydrogens (tertiary/aromatic N) is 1. The van der Waals surface area contributed by atoms with Crippen LogP contribution in [0.3, 0.4) is 0 Å². The van der Waals surface area contributed by atoms with Crippen molar-refractivity contribution in [3.8, 4) is 0 Å². The molecule has 0 aromatic rings. The molecule has 0 aromatic heterocycles. The van der Waals surface area contributed by atoms with Crippen LogP contribution in [0.15, 0.2) is 11.1 Å². The van der Waals surface area contributed by atoms with E-state index in [0.29, 0.717) is 17.6 Å². The summed E-state index contributed by atoms with van der Waals surface area (Å²) in [6.45, 7) is 11.5. The number of amides is 1. The minimum Gasteiger partial charge on any atom is -0.480 e. The number of carboxylic acids is 1. The molecular weight excluding hydrogens is 386 g/mol. The van der Waals surface area contributed by atoms with Crippen LogP contribution in [0.2, 0.25) is 0 Å². The molecule has 0 bridgehead atoms. The molecule has 3 rings (SSSR count). The molecule has 1 aliphatic heterocycles. The third kappa shape index (κ3) is 3.55. The Morgan fingerprint density at radius 2 is 1.87 bits per heavy atom. The predicted molar refractivity (Wildman–Crippen MR) is 110 cm³/mol. The van der Waals surface area contributed by atoms with Crippen molar-refractivity contribution in [1.29, 1.82) is 0 Å². The molecular formula is C23H35NO6. The summed E-state index contributed by atoms with van der Waals surface area (Å²) < 4.78 is 5.66. The normalized spacial score (nSPS) is 33.9. The number of carbonyl (C=O) groups is 3. The van der Waals surface area contributed by atoms with E-state index in [9.17, 15) is 24.6 Å². The van der Waals surface area contributed by atoms with E-state index in [2.05, 4.69) is 13.8 Å². The zero-order valence-electron chi connectivity index (χ0n) is 18.9. The van der Waals surface area contributed by atoms with Crippen LogP contribution in [0.1, 0.15) is 67.2 Å². The van der Waals surface area contributed by atoms with Crippen molar-refractivity contribution in [1.82, 2.24) is 4.90 Å². The smallest absolute Gasteiger partial charge is 0.326 e. The molecule has 7 nitrogen and oxygen atoms in total. The highest BCUT2D eigenvalue weighted by Crippen LogP contribution is 2.61. The van der Waals surface area contributed by atoms with Crippen molar-refractivity contribution >= 4 is 17.8 Å². The number of hydrogen-bond acceptors (Lipinski definition) is 5. The maximum absolute atomic E-state index is 13.6. The van der Waals surface area contributed by atoms with Crippen LogP contribution in [0, 0.1) is 22.7 Å². The van der Waals surface area contributed by atoms with Crippen molar-refractivity contribution < 1.29 is 29.3 Å². The molecule has 3 aliphatic rings. The Morgan fingerprint density at radius 1 is 1.23 bits per heavy atom. The summed E-state index contributed by atoms with van der Waals surface area (Å²) in [5.41, 5.74) is 0.247. The molecule has 1 saturated carbocycles. The van der Waals surface area contributed by atoms with E-state index < -0.39 is 35.6 Å². The predicted octanol–water partition coefficient (Wildman–Crippen LogP) is 2.76. The molecule has 0 unspecified atom stereocenters. The molecule has 7 heteroatoms. The molecule has 2 N–H and O–H groups in total. The average molecular weight is 422 g/mol. The molecule has 0 aromatic carbocycles. The molecule has 2 aliphatic carbocycles. The lowest BCUT2D eigenvalue weighted by Gasteiger charge is -2.57. The van der Waals surface area contributed by atoms with Crippen molar-refractivity contribution in [3.05, 3.63) is 11.1 Å². The number of esters is 1. The topological polar surface area (TPSA) is 104 Å². The first-order valence-corrected chi connectivity index (χ1v) is 10.9. The zero-order chi connectivity index (χ0) is 22.6. The maximum atomic E-state index is 13.6. The van der Waals surface area contributed by atoms with Crippen molar-refractivity contribution in [2.45, 2.75) is 85.5 Å². The van der Waals surface area contributed by atoms with Crippen molar-refractivity contribution in [3.63, 3.8) is 0 Å². The first-order chi connectivity index (χ1) is 13.8. The first-order valence-electron chi connectivity index (χ1n) is 10.9. The summed E-state index contributed by atoms with van der Waals surface area (Å²) >= 11 is 0. The van der Waals surface area contributed by atoms with Crippen LogP contribution >= 0.6 is 0 Å². The molecule has 1 amide bonds. The highest BCUT2D eigenvalue weighted by Gasteiger charge is 2.62. The van der Waals surface area contributed by atoms with Crippen molar-refractivity contribution in [2.75, 3.05) is 6.54 Å². The number of rotatable bonds is 5. The van der Waals surface area contributed by atoms with E-state index in [-0.39, 0.29) is 29.7 Å². The number of aliphatic hydroxyl groups is 1. The summed E-state index contributed by atoms with van der Waals surface area (Å²) in [4.78, 5) is 38.9. The Hall–Kier alpha value is -1.89. The van der Waals surface area contributed by atoms with E-state index in [0.717, 1.165) is 19.3 Å². The molecule has 0 radical (unpaired) electrons. The van der Waals surface area contributed by atoms with E-state index >= 15 is 0 Å². The van der Waals surface area contributed by atoms with Crippen LogP contribution in [-0.2, 0) is 19.1 Å². The van der Waals surface area contributed by atoms with Crippen LogP contribution < -0.4 is 0 Å². The number of aliphatic hydroxyl groups excluding tert-OH is 1. The third-order valence-corrected chi connectivity index (χ3v) is 7.41. The van der Waals surface area contributed by atoms with E-state index in [1.54, 1.807) is 0 Å². The zero-order valence-corrected chi connectivity index (χ0v) is 18.9. The standard InChI is InChI=1S/C23H35NO6/c1-12(2)10-15(21(28)29)24-11-14-16(20(24)27)23(6)9-7-8-22(4,5)19(23)18(17(14)26)30-13(3)25/h12,15,17-19,26H,7-11H2,1-6H3,(H,28,29)/t15-,17+,18+,19-,23+/m0/s1. The summed E-state index contributed by atoms with van der Waals surface area (Å²) in [7, 11) is 0. The number of hydrogen-bond donors (Lipinski definition) is 2. The number of carboxylic acid groups (broad SMARTS) is 1. The van der Waals surface area contributed by atoms with Crippen LogP contribution in [-0.4, -0.2) is 57.8 Å². The van der Waals surface area contributed by atoms with Gasteiger partial charge in [0.05, 0.1) is 0 Å². The first kappa shape index (κ1) is 22.8. The van der Waals surface area contributed by atoms with Gasteiger partial charge in [0, 0.05) is 30.4 Å². The van der Waals surface area contributed by atoms with Gasteiger partial charge in [0.1, 0.15) is 18.2 Å². The molecule has 0 saturated heterocycles.